The fourth-order valence-corrected chi connectivity index (χ4v) is 5.89. The number of anilines is 2. The second-order valence-corrected chi connectivity index (χ2v) is 9.06. The van der Waals surface area contributed by atoms with Crippen LogP contribution in [0.15, 0.2) is 18.2 Å². The largest absolute Gasteiger partial charge is 0.274 e. The van der Waals surface area contributed by atoms with Crippen molar-refractivity contribution in [2.75, 3.05) is 9.80 Å². The van der Waals surface area contributed by atoms with Crippen LogP contribution in [0.2, 0.25) is 5.02 Å². The number of imide groups is 2. The molecule has 6 nitrogen and oxygen atoms in total. The minimum atomic E-state index is -0.253. The van der Waals surface area contributed by atoms with Gasteiger partial charge in [0.25, 0.3) is 0 Å². The number of halogens is 1. The summed E-state index contributed by atoms with van der Waals surface area (Å²) in [6, 6.07) is 4.75. The van der Waals surface area contributed by atoms with Gasteiger partial charge in [0.1, 0.15) is 0 Å². The quantitative estimate of drug-likeness (QED) is 0.691. The van der Waals surface area contributed by atoms with Gasteiger partial charge < -0.3 is 0 Å². The van der Waals surface area contributed by atoms with Crippen LogP contribution in [0, 0.1) is 23.7 Å². The lowest BCUT2D eigenvalue weighted by Gasteiger charge is -2.20. The summed E-state index contributed by atoms with van der Waals surface area (Å²) in [4.78, 5) is 53.8. The predicted molar refractivity (Wildman–Crippen MR) is 107 cm³/mol. The summed E-state index contributed by atoms with van der Waals surface area (Å²) in [7, 11) is 0. The zero-order chi connectivity index (χ0) is 20.3. The van der Waals surface area contributed by atoms with E-state index in [1.165, 1.54) is 15.9 Å². The van der Waals surface area contributed by atoms with Crippen LogP contribution in [0.3, 0.4) is 0 Å². The Morgan fingerprint density at radius 2 is 1.07 bits per heavy atom. The van der Waals surface area contributed by atoms with Gasteiger partial charge in [-0.1, -0.05) is 37.3 Å². The lowest BCUT2D eigenvalue weighted by Crippen LogP contribution is -2.32. The summed E-state index contributed by atoms with van der Waals surface area (Å²) in [5.41, 5.74) is 0.760. The molecule has 2 heterocycles. The maximum Gasteiger partial charge on any atom is 0.237 e. The van der Waals surface area contributed by atoms with Crippen molar-refractivity contribution in [3.63, 3.8) is 0 Å². The molecule has 2 saturated carbocycles. The van der Waals surface area contributed by atoms with Gasteiger partial charge in [-0.25, -0.2) is 4.90 Å². The number of carbonyl (C=O) groups is 4. The number of benzene rings is 1. The third-order valence-corrected chi connectivity index (χ3v) is 7.42. The van der Waals surface area contributed by atoms with Crippen molar-refractivity contribution in [2.24, 2.45) is 23.7 Å². The van der Waals surface area contributed by atoms with Crippen LogP contribution in [0.5, 0.6) is 0 Å². The highest BCUT2D eigenvalue weighted by Crippen LogP contribution is 2.44. The number of carbonyl (C=O) groups excluding carboxylic acids is 4. The lowest BCUT2D eigenvalue weighted by atomic mass is 9.81. The van der Waals surface area contributed by atoms with Gasteiger partial charge in [0.15, 0.2) is 0 Å². The molecule has 29 heavy (non-hydrogen) atoms. The van der Waals surface area contributed by atoms with Crippen LogP contribution < -0.4 is 9.80 Å². The van der Waals surface area contributed by atoms with E-state index in [4.69, 9.17) is 11.6 Å². The number of hydrogen-bond donors (Lipinski definition) is 0. The van der Waals surface area contributed by atoms with Gasteiger partial charge in [-0.15, -0.1) is 0 Å². The average Bonchev–Trinajstić information content (AvgIpc) is 3.14. The molecule has 2 aliphatic carbocycles. The fraction of sp³-hybridized carbons (Fsp3) is 0.545. The topological polar surface area (TPSA) is 74.8 Å². The molecule has 2 aliphatic heterocycles. The SMILES string of the molecule is O=C1[C@H]2CCCC[C@H]2C(=O)N1c1ccc(N2C(=O)[C@@H]3CCCC[C@H]3C2=O)c(Cl)c1. The highest BCUT2D eigenvalue weighted by molar-refractivity contribution is 6.36. The molecule has 1 aromatic rings. The molecule has 7 heteroatoms. The van der Waals surface area contributed by atoms with E-state index in [2.05, 4.69) is 0 Å². The van der Waals surface area contributed by atoms with Crippen LogP contribution >= 0.6 is 11.6 Å². The zero-order valence-corrected chi connectivity index (χ0v) is 16.9. The minimum Gasteiger partial charge on any atom is -0.274 e. The highest BCUT2D eigenvalue weighted by Gasteiger charge is 2.50. The van der Waals surface area contributed by atoms with Crippen LogP contribution in [0.4, 0.5) is 11.4 Å². The van der Waals surface area contributed by atoms with Crippen molar-refractivity contribution in [1.82, 2.24) is 0 Å². The molecule has 1 aromatic carbocycles. The molecule has 0 radical (unpaired) electrons. The number of hydrogen-bond acceptors (Lipinski definition) is 4. The van der Waals surface area contributed by atoms with Gasteiger partial charge in [-0.2, -0.15) is 0 Å². The Morgan fingerprint density at radius 3 is 1.48 bits per heavy atom. The van der Waals surface area contributed by atoms with Gasteiger partial charge in [0, 0.05) is 0 Å². The standard InChI is InChI=1S/C22H23ClN2O4/c23-17-11-12(24-19(26)13-5-1-2-6-14(13)20(24)27)9-10-18(17)25-21(28)15-7-3-4-8-16(15)22(25)29/h9-11,13-16H,1-8H2/t13-,14+,15-,16-/m1/s1. The van der Waals surface area contributed by atoms with Gasteiger partial charge >= 0.3 is 0 Å². The molecule has 152 valence electrons. The molecule has 0 N–H and O–H groups in total. The Balaban J connectivity index is 1.45. The Morgan fingerprint density at radius 1 is 0.655 bits per heavy atom. The number of fused-ring (bicyclic) bond motifs is 2. The summed E-state index contributed by atoms with van der Waals surface area (Å²) in [5, 5.41) is 0.207. The second kappa shape index (κ2) is 6.94. The summed E-state index contributed by atoms with van der Waals surface area (Å²) >= 11 is 6.47. The molecular weight excluding hydrogens is 392 g/mol. The van der Waals surface area contributed by atoms with Crippen LogP contribution in [0.25, 0.3) is 0 Å². The molecular formula is C22H23ClN2O4. The smallest absolute Gasteiger partial charge is 0.237 e. The molecule has 4 atom stereocenters. The molecule has 4 aliphatic rings. The van der Waals surface area contributed by atoms with Crippen molar-refractivity contribution in [3.05, 3.63) is 23.2 Å². The van der Waals surface area contributed by atoms with Crippen molar-refractivity contribution < 1.29 is 19.2 Å². The maximum absolute atomic E-state index is 12.8. The fourth-order valence-electron chi connectivity index (χ4n) is 5.63. The Hall–Kier alpha value is -2.21. The van der Waals surface area contributed by atoms with E-state index in [0.29, 0.717) is 11.4 Å². The van der Waals surface area contributed by atoms with Gasteiger partial charge in [0.05, 0.1) is 40.1 Å². The average molecular weight is 415 g/mol. The predicted octanol–water partition coefficient (Wildman–Crippen LogP) is 3.70. The minimum absolute atomic E-state index is 0.164. The molecule has 0 aromatic heterocycles. The Kier molecular flexibility index (Phi) is 4.50. The van der Waals surface area contributed by atoms with E-state index in [-0.39, 0.29) is 52.3 Å². The van der Waals surface area contributed by atoms with Crippen molar-refractivity contribution in [2.45, 2.75) is 51.4 Å². The first-order valence-corrected chi connectivity index (χ1v) is 10.9. The molecule has 5 rings (SSSR count). The number of nitrogens with zero attached hydrogens (tertiary/aromatic N) is 2. The molecule has 2 saturated heterocycles. The summed E-state index contributed by atoms with van der Waals surface area (Å²) < 4.78 is 0. The van der Waals surface area contributed by atoms with E-state index in [1.54, 1.807) is 12.1 Å². The highest BCUT2D eigenvalue weighted by atomic mass is 35.5. The van der Waals surface area contributed by atoms with Crippen LogP contribution in [-0.2, 0) is 19.2 Å². The first-order chi connectivity index (χ1) is 14.0. The van der Waals surface area contributed by atoms with E-state index < -0.39 is 0 Å². The van der Waals surface area contributed by atoms with Gasteiger partial charge in [-0.05, 0) is 43.9 Å². The Bertz CT molecular complexity index is 881. The van der Waals surface area contributed by atoms with Crippen molar-refractivity contribution in [1.29, 1.82) is 0 Å². The van der Waals surface area contributed by atoms with E-state index in [1.807, 2.05) is 0 Å². The second-order valence-electron chi connectivity index (χ2n) is 8.65. The van der Waals surface area contributed by atoms with E-state index in [0.717, 1.165) is 51.4 Å². The first kappa shape index (κ1) is 18.8. The summed E-state index contributed by atoms with van der Waals surface area (Å²) in [6.45, 7) is 0. The Labute approximate surface area is 174 Å². The number of rotatable bonds is 2. The molecule has 0 bridgehead atoms. The third-order valence-electron chi connectivity index (χ3n) is 7.11. The molecule has 0 unspecified atom stereocenters. The van der Waals surface area contributed by atoms with Crippen LogP contribution in [-0.4, -0.2) is 23.6 Å². The molecule has 0 spiro atoms. The first-order valence-electron chi connectivity index (χ1n) is 10.5. The molecule has 4 fully saturated rings. The monoisotopic (exact) mass is 414 g/mol. The zero-order valence-electron chi connectivity index (χ0n) is 16.1. The molecule has 4 amide bonds. The van der Waals surface area contributed by atoms with E-state index in [9.17, 15) is 19.2 Å². The summed E-state index contributed by atoms with van der Waals surface area (Å²) in [6.07, 6.45) is 6.82. The van der Waals surface area contributed by atoms with Crippen LogP contribution in [0.1, 0.15) is 51.4 Å². The lowest BCUT2D eigenvalue weighted by molar-refractivity contribution is -0.124. The number of amides is 4. The normalized spacial score (nSPS) is 32.0. The van der Waals surface area contributed by atoms with E-state index >= 15 is 0 Å². The third kappa shape index (κ3) is 2.75. The van der Waals surface area contributed by atoms with Crippen molar-refractivity contribution >= 4 is 46.6 Å². The summed E-state index contributed by atoms with van der Waals surface area (Å²) in [5.74, 6) is -1.68. The van der Waals surface area contributed by atoms with Crippen molar-refractivity contribution in [3.8, 4) is 0 Å². The van der Waals surface area contributed by atoms with Gasteiger partial charge in [0.2, 0.25) is 23.6 Å². The van der Waals surface area contributed by atoms with Gasteiger partial charge in [-0.3, -0.25) is 24.1 Å². The maximum atomic E-state index is 12.8.